The first-order chi connectivity index (χ1) is 10.8. The van der Waals surface area contributed by atoms with Crippen molar-refractivity contribution in [1.82, 2.24) is 20.0 Å². The van der Waals surface area contributed by atoms with Gasteiger partial charge in [-0.15, -0.1) is 0 Å². The van der Waals surface area contributed by atoms with E-state index in [1.165, 1.54) is 0 Å². The Balaban J connectivity index is 1.91. The second-order valence-corrected chi connectivity index (χ2v) is 5.98. The van der Waals surface area contributed by atoms with Crippen LogP contribution in [0.15, 0.2) is 22.6 Å². The molecule has 0 spiro atoms. The van der Waals surface area contributed by atoms with Crippen LogP contribution in [0.25, 0.3) is 0 Å². The standard InChI is InChI=1S/C16H24N4O3/c1-11-7-12(2)20(18-11)10-14-5-6-15(23-14)16(22)17-8-13(21)9-19(3)4/h5-7,13,21H,8-10H2,1-4H3,(H,17,22). The number of nitrogens with one attached hydrogen (secondary N) is 1. The van der Waals surface area contributed by atoms with Gasteiger partial charge in [-0.2, -0.15) is 5.10 Å². The van der Waals surface area contributed by atoms with E-state index in [1.54, 1.807) is 12.1 Å². The number of aromatic nitrogens is 2. The molecule has 7 heteroatoms. The van der Waals surface area contributed by atoms with E-state index in [2.05, 4.69) is 10.4 Å². The predicted octanol–water partition coefficient (Wildman–Crippen LogP) is 0.794. The van der Waals surface area contributed by atoms with Gasteiger partial charge in [0.1, 0.15) is 5.76 Å². The number of likely N-dealkylation sites (N-methyl/N-ethyl adjacent to an activating group) is 1. The molecular formula is C16H24N4O3. The third-order valence-electron chi connectivity index (χ3n) is 3.37. The molecule has 2 heterocycles. The van der Waals surface area contributed by atoms with Crippen LogP contribution in [0.1, 0.15) is 27.7 Å². The largest absolute Gasteiger partial charge is 0.454 e. The highest BCUT2D eigenvalue weighted by Crippen LogP contribution is 2.11. The molecule has 2 aromatic rings. The number of aryl methyl sites for hydroxylation is 2. The van der Waals surface area contributed by atoms with Gasteiger partial charge >= 0.3 is 0 Å². The molecule has 0 aliphatic rings. The lowest BCUT2D eigenvalue weighted by atomic mass is 10.3. The number of carbonyl (C=O) groups excluding carboxylic acids is 1. The molecule has 0 saturated heterocycles. The van der Waals surface area contributed by atoms with Crippen molar-refractivity contribution in [2.75, 3.05) is 27.2 Å². The minimum atomic E-state index is -0.613. The molecule has 2 rings (SSSR count). The molecule has 1 unspecified atom stereocenters. The van der Waals surface area contributed by atoms with E-state index >= 15 is 0 Å². The molecule has 0 aliphatic heterocycles. The number of furan rings is 1. The number of aliphatic hydroxyl groups is 1. The second kappa shape index (κ2) is 7.43. The average Bonchev–Trinajstić information content (AvgIpc) is 3.03. The highest BCUT2D eigenvalue weighted by atomic mass is 16.4. The summed E-state index contributed by atoms with van der Waals surface area (Å²) in [6, 6.07) is 5.39. The Morgan fingerprint density at radius 3 is 2.78 bits per heavy atom. The topological polar surface area (TPSA) is 83.5 Å². The van der Waals surface area contributed by atoms with Gasteiger partial charge in [0.25, 0.3) is 5.91 Å². The number of hydrogen-bond donors (Lipinski definition) is 2. The van der Waals surface area contributed by atoms with Crippen LogP contribution in [0.2, 0.25) is 0 Å². The molecule has 1 atom stereocenters. The lowest BCUT2D eigenvalue weighted by molar-refractivity contribution is 0.0864. The summed E-state index contributed by atoms with van der Waals surface area (Å²) in [7, 11) is 3.73. The van der Waals surface area contributed by atoms with Crippen molar-refractivity contribution in [3.05, 3.63) is 41.1 Å². The maximum atomic E-state index is 12.0. The highest BCUT2D eigenvalue weighted by Gasteiger charge is 2.14. The Hall–Kier alpha value is -2.12. The fourth-order valence-electron chi connectivity index (χ4n) is 2.35. The van der Waals surface area contributed by atoms with Crippen LogP contribution in [-0.4, -0.2) is 59.0 Å². The molecule has 0 radical (unpaired) electrons. The SMILES string of the molecule is Cc1cc(C)n(Cc2ccc(C(=O)NCC(O)CN(C)C)o2)n1. The molecule has 126 valence electrons. The van der Waals surface area contributed by atoms with Crippen molar-refractivity contribution in [2.45, 2.75) is 26.5 Å². The van der Waals surface area contributed by atoms with Crippen molar-refractivity contribution in [1.29, 1.82) is 0 Å². The van der Waals surface area contributed by atoms with E-state index in [4.69, 9.17) is 4.42 Å². The van der Waals surface area contributed by atoms with E-state index in [-0.39, 0.29) is 18.2 Å². The Morgan fingerprint density at radius 1 is 1.43 bits per heavy atom. The summed E-state index contributed by atoms with van der Waals surface area (Å²) in [6.45, 7) is 5.06. The average molecular weight is 320 g/mol. The molecule has 7 nitrogen and oxygen atoms in total. The number of nitrogens with zero attached hydrogens (tertiary/aromatic N) is 3. The molecule has 2 aromatic heterocycles. The van der Waals surface area contributed by atoms with Crippen LogP contribution < -0.4 is 5.32 Å². The van der Waals surface area contributed by atoms with E-state index in [0.29, 0.717) is 18.8 Å². The lowest BCUT2D eigenvalue weighted by Gasteiger charge is -2.15. The fraction of sp³-hybridized carbons (Fsp3) is 0.500. The maximum Gasteiger partial charge on any atom is 0.287 e. The van der Waals surface area contributed by atoms with Gasteiger partial charge < -0.3 is 19.7 Å². The van der Waals surface area contributed by atoms with Crippen molar-refractivity contribution in [3.63, 3.8) is 0 Å². The van der Waals surface area contributed by atoms with Crippen LogP contribution in [0, 0.1) is 13.8 Å². The fourth-order valence-corrected chi connectivity index (χ4v) is 2.35. The number of aliphatic hydroxyl groups excluding tert-OH is 1. The molecular weight excluding hydrogens is 296 g/mol. The molecule has 0 aliphatic carbocycles. The Morgan fingerprint density at radius 2 is 2.17 bits per heavy atom. The third-order valence-corrected chi connectivity index (χ3v) is 3.37. The van der Waals surface area contributed by atoms with Crippen LogP contribution in [0.4, 0.5) is 0 Å². The summed E-state index contributed by atoms with van der Waals surface area (Å²) in [4.78, 5) is 13.9. The first-order valence-electron chi connectivity index (χ1n) is 7.56. The van der Waals surface area contributed by atoms with Gasteiger partial charge in [0.2, 0.25) is 0 Å². The Bertz CT molecular complexity index is 660. The van der Waals surface area contributed by atoms with Gasteiger partial charge in [-0.1, -0.05) is 0 Å². The van der Waals surface area contributed by atoms with E-state index in [0.717, 1.165) is 11.4 Å². The lowest BCUT2D eigenvalue weighted by Crippen LogP contribution is -2.37. The first-order valence-corrected chi connectivity index (χ1v) is 7.56. The number of amides is 1. The predicted molar refractivity (Wildman–Crippen MR) is 86.4 cm³/mol. The first kappa shape index (κ1) is 17.2. The van der Waals surface area contributed by atoms with Gasteiger partial charge in [0.05, 0.1) is 18.3 Å². The zero-order valence-corrected chi connectivity index (χ0v) is 14.0. The Labute approximate surface area is 135 Å². The number of rotatable bonds is 7. The van der Waals surface area contributed by atoms with Crippen molar-refractivity contribution < 1.29 is 14.3 Å². The van der Waals surface area contributed by atoms with Crippen molar-refractivity contribution in [3.8, 4) is 0 Å². The Kier molecular flexibility index (Phi) is 5.57. The van der Waals surface area contributed by atoms with Gasteiger partial charge in [0, 0.05) is 18.8 Å². The second-order valence-electron chi connectivity index (χ2n) is 5.98. The monoisotopic (exact) mass is 320 g/mol. The molecule has 0 aromatic carbocycles. The maximum absolute atomic E-state index is 12.0. The summed E-state index contributed by atoms with van der Waals surface area (Å²) in [5, 5.41) is 16.8. The van der Waals surface area contributed by atoms with Gasteiger partial charge in [-0.3, -0.25) is 9.48 Å². The number of carbonyl (C=O) groups is 1. The van der Waals surface area contributed by atoms with Gasteiger partial charge in [0.15, 0.2) is 5.76 Å². The van der Waals surface area contributed by atoms with Crippen molar-refractivity contribution >= 4 is 5.91 Å². The quantitative estimate of drug-likeness (QED) is 0.788. The summed E-state index contributed by atoms with van der Waals surface area (Å²) in [5.41, 5.74) is 1.98. The molecule has 23 heavy (non-hydrogen) atoms. The van der Waals surface area contributed by atoms with Gasteiger partial charge in [-0.25, -0.2) is 0 Å². The smallest absolute Gasteiger partial charge is 0.287 e. The molecule has 0 saturated carbocycles. The summed E-state index contributed by atoms with van der Waals surface area (Å²) < 4.78 is 7.39. The van der Waals surface area contributed by atoms with Gasteiger partial charge in [-0.05, 0) is 46.1 Å². The van der Waals surface area contributed by atoms with Crippen LogP contribution >= 0.6 is 0 Å². The van der Waals surface area contributed by atoms with Crippen LogP contribution in [0.3, 0.4) is 0 Å². The van der Waals surface area contributed by atoms with Crippen LogP contribution in [-0.2, 0) is 6.54 Å². The van der Waals surface area contributed by atoms with Crippen LogP contribution in [0.5, 0.6) is 0 Å². The zero-order chi connectivity index (χ0) is 17.0. The van der Waals surface area contributed by atoms with E-state index in [1.807, 2.05) is 43.6 Å². The summed E-state index contributed by atoms with van der Waals surface area (Å²) in [5.74, 6) is 0.566. The van der Waals surface area contributed by atoms with Crippen molar-refractivity contribution in [2.24, 2.45) is 0 Å². The zero-order valence-electron chi connectivity index (χ0n) is 14.0. The summed E-state index contributed by atoms with van der Waals surface area (Å²) >= 11 is 0. The summed E-state index contributed by atoms with van der Waals surface area (Å²) in [6.07, 6.45) is -0.613. The molecule has 0 fully saturated rings. The number of hydrogen-bond acceptors (Lipinski definition) is 5. The van der Waals surface area contributed by atoms with E-state index in [9.17, 15) is 9.90 Å². The molecule has 0 bridgehead atoms. The normalized spacial score (nSPS) is 12.6. The highest BCUT2D eigenvalue weighted by molar-refractivity contribution is 5.91. The third kappa shape index (κ3) is 4.94. The molecule has 1 amide bonds. The minimum absolute atomic E-state index is 0.185. The minimum Gasteiger partial charge on any atom is -0.454 e. The molecule has 2 N–H and O–H groups in total. The van der Waals surface area contributed by atoms with E-state index < -0.39 is 6.10 Å².